The number of aromatic nitrogens is 3. The summed E-state index contributed by atoms with van der Waals surface area (Å²) in [7, 11) is 0. The molecule has 6 heteroatoms. The summed E-state index contributed by atoms with van der Waals surface area (Å²) >= 11 is 1.92. The van der Waals surface area contributed by atoms with E-state index in [-0.39, 0.29) is 0 Å². The van der Waals surface area contributed by atoms with Crippen LogP contribution in [0.4, 0.5) is 10.9 Å². The molecule has 22 heavy (non-hydrogen) atoms. The molecule has 5 nitrogen and oxygen atoms in total. The number of anilines is 2. The second-order valence-electron chi connectivity index (χ2n) is 6.07. The van der Waals surface area contributed by atoms with Crippen LogP contribution in [-0.4, -0.2) is 34.1 Å². The van der Waals surface area contributed by atoms with Crippen molar-refractivity contribution in [3.63, 3.8) is 0 Å². The molecule has 1 saturated heterocycles. The van der Waals surface area contributed by atoms with E-state index in [9.17, 15) is 0 Å². The molecule has 0 unspecified atom stereocenters. The first-order valence-electron chi connectivity index (χ1n) is 8.14. The van der Waals surface area contributed by atoms with E-state index in [1.807, 2.05) is 17.4 Å². The number of thiazole rings is 1. The van der Waals surface area contributed by atoms with E-state index in [0.29, 0.717) is 6.04 Å². The summed E-state index contributed by atoms with van der Waals surface area (Å²) in [6, 6.07) is 2.43. The average molecular weight is 315 g/mol. The average Bonchev–Trinajstić information content (AvgIpc) is 3.00. The molecule has 0 aromatic carbocycles. The largest absolute Gasteiger partial charge is 0.367 e. The summed E-state index contributed by atoms with van der Waals surface area (Å²) < 4.78 is 0. The van der Waals surface area contributed by atoms with Crippen molar-refractivity contribution in [3.8, 4) is 0 Å². The van der Waals surface area contributed by atoms with Crippen molar-refractivity contribution in [1.82, 2.24) is 15.0 Å². The number of piperidine rings is 1. The Morgan fingerprint density at radius 1 is 1.18 bits per heavy atom. The predicted molar refractivity (Wildman–Crippen MR) is 89.6 cm³/mol. The third-order valence-electron chi connectivity index (χ3n) is 4.53. The van der Waals surface area contributed by atoms with Crippen molar-refractivity contribution in [2.75, 3.05) is 23.3 Å². The van der Waals surface area contributed by atoms with Crippen LogP contribution in [0, 0.1) is 0 Å². The highest BCUT2D eigenvalue weighted by Crippen LogP contribution is 2.33. The van der Waals surface area contributed by atoms with E-state index in [4.69, 9.17) is 4.98 Å². The molecular formula is C16H21N5S. The van der Waals surface area contributed by atoms with Crippen LogP contribution in [-0.2, 0) is 12.8 Å². The van der Waals surface area contributed by atoms with Gasteiger partial charge in [-0.2, -0.15) is 0 Å². The zero-order valence-electron chi connectivity index (χ0n) is 12.7. The third kappa shape index (κ3) is 2.92. The van der Waals surface area contributed by atoms with Gasteiger partial charge in [0.05, 0.1) is 5.69 Å². The number of hydrogen-bond acceptors (Lipinski definition) is 6. The summed E-state index contributed by atoms with van der Waals surface area (Å²) in [6.45, 7) is 2.16. The van der Waals surface area contributed by atoms with Gasteiger partial charge in [-0.15, -0.1) is 11.3 Å². The number of rotatable bonds is 3. The highest BCUT2D eigenvalue weighted by molar-refractivity contribution is 7.15. The molecule has 0 bridgehead atoms. The Labute approximate surface area is 134 Å². The molecule has 0 amide bonds. The number of nitrogens with one attached hydrogen (secondary N) is 1. The van der Waals surface area contributed by atoms with Crippen LogP contribution in [0.15, 0.2) is 18.6 Å². The second-order valence-corrected chi connectivity index (χ2v) is 7.14. The van der Waals surface area contributed by atoms with Gasteiger partial charge in [0.1, 0.15) is 12.1 Å². The lowest BCUT2D eigenvalue weighted by atomic mass is 10.0. The lowest BCUT2D eigenvalue weighted by Crippen LogP contribution is -2.39. The summed E-state index contributed by atoms with van der Waals surface area (Å²) in [6.07, 6.45) is 10.7. The Morgan fingerprint density at radius 2 is 2.05 bits per heavy atom. The van der Waals surface area contributed by atoms with E-state index in [1.165, 1.54) is 41.4 Å². The van der Waals surface area contributed by atoms with Crippen molar-refractivity contribution in [2.24, 2.45) is 0 Å². The van der Waals surface area contributed by atoms with Gasteiger partial charge in [-0.25, -0.2) is 15.0 Å². The molecule has 3 heterocycles. The molecule has 0 saturated carbocycles. The van der Waals surface area contributed by atoms with Crippen LogP contribution < -0.4 is 10.2 Å². The van der Waals surface area contributed by atoms with Crippen LogP contribution in [0.1, 0.15) is 36.3 Å². The van der Waals surface area contributed by atoms with Crippen LogP contribution in [0.5, 0.6) is 0 Å². The molecule has 0 atom stereocenters. The Hall–Kier alpha value is -1.69. The lowest BCUT2D eigenvalue weighted by molar-refractivity contribution is 0.524. The summed E-state index contributed by atoms with van der Waals surface area (Å²) in [4.78, 5) is 17.1. The number of nitrogens with zero attached hydrogens (tertiary/aromatic N) is 4. The topological polar surface area (TPSA) is 53.9 Å². The molecule has 0 radical (unpaired) electrons. The van der Waals surface area contributed by atoms with Crippen LogP contribution in [0.2, 0.25) is 0 Å². The summed E-state index contributed by atoms with van der Waals surface area (Å²) in [5.41, 5.74) is 1.37. The van der Waals surface area contributed by atoms with Crippen LogP contribution in [0.25, 0.3) is 0 Å². The molecule has 1 N–H and O–H groups in total. The summed E-state index contributed by atoms with van der Waals surface area (Å²) in [5.74, 6) is 0.929. The second kappa shape index (κ2) is 6.20. The van der Waals surface area contributed by atoms with Crippen LogP contribution >= 0.6 is 11.3 Å². The Kier molecular flexibility index (Phi) is 3.93. The van der Waals surface area contributed by atoms with E-state index < -0.39 is 0 Å². The zero-order valence-corrected chi connectivity index (χ0v) is 13.5. The van der Waals surface area contributed by atoms with Crippen molar-refractivity contribution in [3.05, 3.63) is 29.2 Å². The van der Waals surface area contributed by atoms with Crippen LogP contribution in [0.3, 0.4) is 0 Å². The molecule has 2 aromatic heterocycles. The molecule has 1 aliphatic carbocycles. The standard InChI is InChI=1S/C16H21N5S/c1-2-4-14-13(3-1)20-16(22-14)21-9-6-12(7-10-21)19-15-5-8-17-11-18-15/h5,8,11-12H,1-4,6-7,9-10H2,(H,17,18,19). The van der Waals surface area contributed by atoms with Gasteiger partial charge in [-0.05, 0) is 44.6 Å². The highest BCUT2D eigenvalue weighted by atomic mass is 32.1. The van der Waals surface area contributed by atoms with E-state index in [2.05, 4.69) is 20.2 Å². The maximum Gasteiger partial charge on any atom is 0.185 e. The minimum atomic E-state index is 0.501. The maximum atomic E-state index is 4.89. The van der Waals surface area contributed by atoms with Gasteiger partial charge >= 0.3 is 0 Å². The first-order chi connectivity index (χ1) is 10.9. The molecule has 1 fully saturated rings. The number of fused-ring (bicyclic) bond motifs is 1. The molecule has 0 spiro atoms. The Bertz CT molecular complexity index is 595. The number of aryl methyl sites for hydroxylation is 2. The van der Waals surface area contributed by atoms with Gasteiger partial charge in [-0.1, -0.05) is 0 Å². The van der Waals surface area contributed by atoms with E-state index >= 15 is 0 Å². The number of hydrogen-bond donors (Lipinski definition) is 1. The van der Waals surface area contributed by atoms with Crippen molar-refractivity contribution >= 4 is 22.3 Å². The van der Waals surface area contributed by atoms with Crippen molar-refractivity contribution in [1.29, 1.82) is 0 Å². The molecule has 116 valence electrons. The molecule has 2 aliphatic rings. The lowest BCUT2D eigenvalue weighted by Gasteiger charge is -2.32. The molecule has 2 aromatic rings. The van der Waals surface area contributed by atoms with Gasteiger partial charge in [0.2, 0.25) is 0 Å². The van der Waals surface area contributed by atoms with Crippen molar-refractivity contribution < 1.29 is 0 Å². The van der Waals surface area contributed by atoms with Crippen molar-refractivity contribution in [2.45, 2.75) is 44.6 Å². The predicted octanol–water partition coefficient (Wildman–Crippen LogP) is 2.89. The maximum absolute atomic E-state index is 4.89. The van der Waals surface area contributed by atoms with Gasteiger partial charge in [-0.3, -0.25) is 0 Å². The third-order valence-corrected chi connectivity index (χ3v) is 5.75. The SMILES string of the molecule is c1cc(NC2CCN(c3nc4c(s3)CCCC4)CC2)ncn1. The van der Waals surface area contributed by atoms with Gasteiger partial charge in [0, 0.05) is 30.2 Å². The van der Waals surface area contributed by atoms with Gasteiger partial charge in [0.15, 0.2) is 5.13 Å². The Morgan fingerprint density at radius 3 is 2.82 bits per heavy atom. The fourth-order valence-corrected chi connectivity index (χ4v) is 4.47. The minimum Gasteiger partial charge on any atom is -0.367 e. The fourth-order valence-electron chi connectivity index (χ4n) is 3.27. The molecule has 1 aliphatic heterocycles. The quantitative estimate of drug-likeness (QED) is 0.944. The van der Waals surface area contributed by atoms with Gasteiger partial charge < -0.3 is 10.2 Å². The first-order valence-corrected chi connectivity index (χ1v) is 8.96. The highest BCUT2D eigenvalue weighted by Gasteiger charge is 2.23. The fraction of sp³-hybridized carbons (Fsp3) is 0.562. The monoisotopic (exact) mass is 315 g/mol. The van der Waals surface area contributed by atoms with E-state index in [0.717, 1.165) is 31.7 Å². The first kappa shape index (κ1) is 13.9. The van der Waals surface area contributed by atoms with Gasteiger partial charge in [0.25, 0.3) is 0 Å². The normalized spacial score (nSPS) is 19.0. The summed E-state index contributed by atoms with van der Waals surface area (Å²) in [5, 5.41) is 4.75. The smallest absolute Gasteiger partial charge is 0.185 e. The Balaban J connectivity index is 1.36. The minimum absolute atomic E-state index is 0.501. The molecule has 4 rings (SSSR count). The molecular weight excluding hydrogens is 294 g/mol. The zero-order chi connectivity index (χ0) is 14.8. The van der Waals surface area contributed by atoms with E-state index in [1.54, 1.807) is 12.5 Å².